The molecule has 2 radical (unpaired) electrons. The third kappa shape index (κ3) is 4.66. The molecule has 3 aromatic heterocycles. The highest BCUT2D eigenvalue weighted by Crippen LogP contribution is 2.22. The Labute approximate surface area is 160 Å². The molecule has 3 rings (SSSR count). The molecule has 11 heteroatoms. The van der Waals surface area contributed by atoms with E-state index >= 15 is 0 Å². The van der Waals surface area contributed by atoms with Gasteiger partial charge in [0.1, 0.15) is 14.6 Å². The van der Waals surface area contributed by atoms with Gasteiger partial charge in [0.2, 0.25) is 0 Å². The van der Waals surface area contributed by atoms with E-state index in [1.165, 1.54) is 0 Å². The Hall–Kier alpha value is -1.98. The van der Waals surface area contributed by atoms with Gasteiger partial charge in [-0.3, -0.25) is 4.40 Å². The van der Waals surface area contributed by atoms with Gasteiger partial charge in [-0.2, -0.15) is 5.10 Å². The van der Waals surface area contributed by atoms with Gasteiger partial charge in [0.05, 0.1) is 18.1 Å². The van der Waals surface area contributed by atoms with Crippen LogP contribution in [0.3, 0.4) is 0 Å². The van der Waals surface area contributed by atoms with Crippen molar-refractivity contribution in [2.24, 2.45) is 0 Å². The fraction of sp³-hybridized carbons (Fsp3) is 0.438. The lowest BCUT2D eigenvalue weighted by Crippen LogP contribution is -2.22. The Bertz CT molecular complexity index is 1070. The van der Waals surface area contributed by atoms with Crippen LogP contribution in [0.1, 0.15) is 0 Å². The van der Waals surface area contributed by atoms with Crippen LogP contribution in [0.4, 0.5) is 0 Å². The smallest absolute Gasteiger partial charge is 0.197 e. The summed E-state index contributed by atoms with van der Waals surface area (Å²) in [6.45, 7) is 7.98. The van der Waals surface area contributed by atoms with Crippen LogP contribution in [0.2, 0.25) is 25.7 Å². The molecule has 27 heavy (non-hydrogen) atoms. The number of ether oxygens (including phenoxy) is 1. The molecule has 0 fully saturated rings. The molecule has 0 amide bonds. The summed E-state index contributed by atoms with van der Waals surface area (Å²) < 4.78 is 32.9. The third-order valence-electron chi connectivity index (χ3n) is 3.98. The number of fused-ring (bicyclic) bond motifs is 1. The van der Waals surface area contributed by atoms with Crippen LogP contribution >= 0.6 is 0 Å². The standard InChI is InChI=1S/C16H22BN5O3SSi/c1-26(23,24)16-15-18-8-13(22(15)10-14(17)20-16)12-7-19-21(9-12)11-25-5-6-27(2,3)4/h7-10H,5-6,11H2,1-4H3. The second-order valence-corrected chi connectivity index (χ2v) is 15.2. The number of rotatable bonds is 7. The first-order valence-corrected chi connectivity index (χ1v) is 14.1. The maximum Gasteiger partial charge on any atom is 0.197 e. The molecule has 0 atom stereocenters. The molecule has 3 aromatic rings. The average Bonchev–Trinajstić information content (AvgIpc) is 3.15. The van der Waals surface area contributed by atoms with Crippen molar-refractivity contribution in [2.75, 3.05) is 12.9 Å². The summed E-state index contributed by atoms with van der Waals surface area (Å²) in [5.74, 6) is 0. The normalized spacial score (nSPS) is 12.7. The lowest BCUT2D eigenvalue weighted by atomic mass is 10.1. The van der Waals surface area contributed by atoms with E-state index in [1.807, 2.05) is 6.20 Å². The average molecular weight is 403 g/mol. The summed E-state index contributed by atoms with van der Waals surface area (Å²) in [7, 11) is 1.11. The second kappa shape index (κ2) is 7.21. The molecule has 8 nitrogen and oxygen atoms in total. The SMILES string of the molecule is [B]c1cn2c(-c3cnn(COCC[Si](C)(C)C)c3)cnc2c(S(C)(=O)=O)n1. The van der Waals surface area contributed by atoms with Gasteiger partial charge in [-0.1, -0.05) is 19.6 Å². The molecule has 0 unspecified atom stereocenters. The highest BCUT2D eigenvalue weighted by Gasteiger charge is 2.19. The van der Waals surface area contributed by atoms with E-state index in [4.69, 9.17) is 12.6 Å². The molecule has 0 aliphatic rings. The van der Waals surface area contributed by atoms with Crippen LogP contribution in [0, 0.1) is 0 Å². The summed E-state index contributed by atoms with van der Waals surface area (Å²) >= 11 is 0. The number of sulfone groups is 1. The van der Waals surface area contributed by atoms with E-state index in [2.05, 4.69) is 34.7 Å². The first kappa shape index (κ1) is 19.8. The quantitative estimate of drug-likeness (QED) is 0.434. The highest BCUT2D eigenvalue weighted by molar-refractivity contribution is 7.90. The molecule has 0 saturated carbocycles. The lowest BCUT2D eigenvalue weighted by molar-refractivity contribution is 0.0786. The molecule has 0 aliphatic carbocycles. The van der Waals surface area contributed by atoms with Crippen molar-refractivity contribution in [1.82, 2.24) is 24.1 Å². The van der Waals surface area contributed by atoms with Gasteiger partial charge in [0, 0.05) is 44.5 Å². The van der Waals surface area contributed by atoms with E-state index in [9.17, 15) is 8.42 Å². The molecule has 3 heterocycles. The minimum absolute atomic E-state index is 0.101. The molecule has 0 aromatic carbocycles. The molecule has 0 aliphatic heterocycles. The number of hydrogen-bond donors (Lipinski definition) is 0. The second-order valence-electron chi connectivity index (χ2n) is 7.70. The maximum atomic E-state index is 12.0. The zero-order chi connectivity index (χ0) is 19.8. The van der Waals surface area contributed by atoms with Crippen molar-refractivity contribution in [3.8, 4) is 11.3 Å². The summed E-state index contributed by atoms with van der Waals surface area (Å²) in [5.41, 5.74) is 1.80. The zero-order valence-corrected chi connectivity index (χ0v) is 17.7. The van der Waals surface area contributed by atoms with Crippen molar-refractivity contribution in [3.05, 3.63) is 24.8 Å². The fourth-order valence-corrected chi connectivity index (χ4v) is 4.05. The fourth-order valence-electron chi connectivity index (χ4n) is 2.54. The first-order chi connectivity index (χ1) is 12.5. The van der Waals surface area contributed by atoms with Gasteiger partial charge in [-0.25, -0.2) is 23.1 Å². The number of aromatic nitrogens is 5. The minimum atomic E-state index is -3.55. The predicted octanol–water partition coefficient (Wildman–Crippen LogP) is 1.10. The van der Waals surface area contributed by atoms with Crippen molar-refractivity contribution in [2.45, 2.75) is 37.4 Å². The number of nitrogens with zero attached hydrogens (tertiary/aromatic N) is 5. The Morgan fingerprint density at radius 1 is 1.22 bits per heavy atom. The summed E-state index contributed by atoms with van der Waals surface area (Å²) in [4.78, 5) is 8.14. The van der Waals surface area contributed by atoms with E-state index in [0.717, 1.165) is 17.9 Å². The molecular formula is C16H22BN5O3SSi. The summed E-state index contributed by atoms with van der Waals surface area (Å²) in [5, 5.41) is 4.16. The van der Waals surface area contributed by atoms with Crippen molar-refractivity contribution < 1.29 is 13.2 Å². The Morgan fingerprint density at radius 2 is 1.96 bits per heavy atom. The van der Waals surface area contributed by atoms with E-state index in [-0.39, 0.29) is 16.3 Å². The first-order valence-electron chi connectivity index (χ1n) is 8.49. The lowest BCUT2D eigenvalue weighted by Gasteiger charge is -2.15. The molecule has 0 bridgehead atoms. The summed E-state index contributed by atoms with van der Waals surface area (Å²) in [6.07, 6.45) is 7.72. The van der Waals surface area contributed by atoms with Gasteiger partial charge >= 0.3 is 0 Å². The van der Waals surface area contributed by atoms with Crippen LogP contribution in [-0.4, -0.2) is 61.3 Å². The van der Waals surface area contributed by atoms with Crippen LogP contribution in [-0.2, 0) is 21.3 Å². The van der Waals surface area contributed by atoms with Crippen LogP contribution in [0.5, 0.6) is 0 Å². The van der Waals surface area contributed by atoms with Gasteiger partial charge in [-0.15, -0.1) is 0 Å². The largest absolute Gasteiger partial charge is 0.360 e. The van der Waals surface area contributed by atoms with E-state index < -0.39 is 17.9 Å². The number of imidazole rings is 1. The van der Waals surface area contributed by atoms with Crippen molar-refractivity contribution >= 4 is 37.0 Å². The highest BCUT2D eigenvalue weighted by atomic mass is 32.2. The van der Waals surface area contributed by atoms with Gasteiger partial charge in [-0.05, 0) is 6.04 Å². The van der Waals surface area contributed by atoms with Gasteiger partial charge in [0.25, 0.3) is 0 Å². The van der Waals surface area contributed by atoms with Crippen molar-refractivity contribution in [3.63, 3.8) is 0 Å². The Kier molecular flexibility index (Phi) is 5.28. The molecule has 142 valence electrons. The van der Waals surface area contributed by atoms with E-state index in [0.29, 0.717) is 19.0 Å². The predicted molar refractivity (Wildman–Crippen MR) is 107 cm³/mol. The van der Waals surface area contributed by atoms with Gasteiger partial charge in [0.15, 0.2) is 20.5 Å². The topological polar surface area (TPSA) is 91.4 Å². The number of hydrogen-bond acceptors (Lipinski definition) is 6. The third-order valence-corrected chi connectivity index (χ3v) is 6.66. The monoisotopic (exact) mass is 403 g/mol. The Morgan fingerprint density at radius 3 is 2.63 bits per heavy atom. The van der Waals surface area contributed by atoms with Crippen LogP contribution in [0.15, 0.2) is 29.8 Å². The van der Waals surface area contributed by atoms with Gasteiger partial charge < -0.3 is 4.74 Å². The zero-order valence-electron chi connectivity index (χ0n) is 15.9. The minimum Gasteiger partial charge on any atom is -0.360 e. The maximum absolute atomic E-state index is 12.0. The van der Waals surface area contributed by atoms with Crippen molar-refractivity contribution in [1.29, 1.82) is 0 Å². The van der Waals surface area contributed by atoms with E-state index in [1.54, 1.807) is 27.7 Å². The summed E-state index contributed by atoms with van der Waals surface area (Å²) in [6, 6.07) is 1.09. The Balaban J connectivity index is 1.85. The molecule has 0 saturated heterocycles. The molecule has 0 N–H and O–H groups in total. The molecular weight excluding hydrogens is 381 g/mol. The van der Waals surface area contributed by atoms with Crippen LogP contribution in [0.25, 0.3) is 16.9 Å². The van der Waals surface area contributed by atoms with Crippen LogP contribution < -0.4 is 5.59 Å². The molecule has 0 spiro atoms.